The molecule has 0 spiro atoms. The number of rotatable bonds is 2. The van der Waals surface area contributed by atoms with E-state index >= 15 is 0 Å². The minimum atomic E-state index is -0.530. The van der Waals surface area contributed by atoms with Gasteiger partial charge in [0.15, 0.2) is 0 Å². The second kappa shape index (κ2) is 4.64. The zero-order valence-corrected chi connectivity index (χ0v) is 10.8. The van der Waals surface area contributed by atoms with Crippen molar-refractivity contribution in [3.05, 3.63) is 62.9 Å². The molecule has 2 rings (SSSR count). The number of aromatic nitrogens is 2. The average molecular weight is 244 g/mol. The van der Waals surface area contributed by atoms with Crippen LogP contribution in [0.25, 0.3) is 5.69 Å². The Morgan fingerprint density at radius 3 is 2.11 bits per heavy atom. The zero-order chi connectivity index (χ0) is 13.3. The molecule has 1 aromatic carbocycles. The van der Waals surface area contributed by atoms with Crippen molar-refractivity contribution in [2.45, 2.75) is 19.8 Å². The van der Waals surface area contributed by atoms with Gasteiger partial charge in [-0.3, -0.25) is 14.2 Å². The Kier molecular flexibility index (Phi) is 3.19. The van der Waals surface area contributed by atoms with Crippen molar-refractivity contribution in [2.75, 3.05) is 0 Å². The molecule has 4 heteroatoms. The molecule has 18 heavy (non-hydrogen) atoms. The smallest absolute Gasteiger partial charge is 0.312 e. The molecular formula is C14H16N2O2. The van der Waals surface area contributed by atoms with Crippen molar-refractivity contribution < 1.29 is 0 Å². The third kappa shape index (κ3) is 2.14. The predicted octanol–water partition coefficient (Wildman–Crippen LogP) is 1.66. The Morgan fingerprint density at radius 2 is 1.56 bits per heavy atom. The van der Waals surface area contributed by atoms with Crippen molar-refractivity contribution in [3.8, 4) is 5.69 Å². The molecule has 94 valence electrons. The minimum Gasteiger partial charge on any atom is -0.312 e. The van der Waals surface area contributed by atoms with Gasteiger partial charge in [0.2, 0.25) is 0 Å². The second-order valence-electron chi connectivity index (χ2n) is 4.64. The van der Waals surface area contributed by atoms with Crippen LogP contribution in [-0.2, 0) is 7.05 Å². The first-order valence-electron chi connectivity index (χ1n) is 5.89. The van der Waals surface area contributed by atoms with Crippen LogP contribution >= 0.6 is 0 Å². The largest absolute Gasteiger partial charge is 0.320 e. The zero-order valence-electron chi connectivity index (χ0n) is 10.8. The highest BCUT2D eigenvalue weighted by molar-refractivity contribution is 5.35. The highest BCUT2D eigenvalue weighted by atomic mass is 16.2. The molecule has 0 saturated heterocycles. The highest BCUT2D eigenvalue weighted by Gasteiger charge is 2.05. The summed E-state index contributed by atoms with van der Waals surface area (Å²) in [5.41, 5.74) is 0.862. The molecule has 0 bridgehead atoms. The SMILES string of the molecule is CC(C)c1ccc(-n2ccn(C)c(=O)c2=O)cc1. The lowest BCUT2D eigenvalue weighted by atomic mass is 10.0. The van der Waals surface area contributed by atoms with E-state index in [1.807, 2.05) is 24.3 Å². The average Bonchev–Trinajstić information content (AvgIpc) is 2.36. The maximum Gasteiger partial charge on any atom is 0.320 e. The first-order valence-corrected chi connectivity index (χ1v) is 5.89. The summed E-state index contributed by atoms with van der Waals surface area (Å²) in [6.45, 7) is 4.22. The molecule has 0 amide bonds. The maximum absolute atomic E-state index is 11.8. The van der Waals surface area contributed by atoms with Gasteiger partial charge in [-0.2, -0.15) is 0 Å². The van der Waals surface area contributed by atoms with E-state index in [0.717, 1.165) is 0 Å². The third-order valence-corrected chi connectivity index (χ3v) is 3.00. The topological polar surface area (TPSA) is 44.0 Å². The fourth-order valence-electron chi connectivity index (χ4n) is 1.78. The first kappa shape index (κ1) is 12.4. The van der Waals surface area contributed by atoms with Crippen LogP contribution in [-0.4, -0.2) is 9.13 Å². The van der Waals surface area contributed by atoms with Crippen molar-refractivity contribution >= 4 is 0 Å². The minimum absolute atomic E-state index is 0.444. The lowest BCUT2D eigenvalue weighted by Gasteiger charge is -2.09. The van der Waals surface area contributed by atoms with Crippen molar-refractivity contribution in [2.24, 2.45) is 7.05 Å². The second-order valence-corrected chi connectivity index (χ2v) is 4.64. The number of aryl methyl sites for hydroxylation is 1. The molecule has 1 heterocycles. The Morgan fingerprint density at radius 1 is 0.944 bits per heavy atom. The molecule has 0 aliphatic rings. The van der Waals surface area contributed by atoms with E-state index in [1.54, 1.807) is 19.4 Å². The van der Waals surface area contributed by atoms with E-state index in [1.165, 1.54) is 14.7 Å². The Hall–Kier alpha value is -2.10. The lowest BCUT2D eigenvalue weighted by molar-refractivity contribution is 0.786. The molecule has 0 saturated carbocycles. The molecule has 4 nitrogen and oxygen atoms in total. The van der Waals surface area contributed by atoms with Gasteiger partial charge in [-0.1, -0.05) is 26.0 Å². The van der Waals surface area contributed by atoms with Crippen LogP contribution in [0.5, 0.6) is 0 Å². The normalized spacial score (nSPS) is 10.9. The van der Waals surface area contributed by atoms with Gasteiger partial charge < -0.3 is 4.57 Å². The highest BCUT2D eigenvalue weighted by Crippen LogP contribution is 2.15. The summed E-state index contributed by atoms with van der Waals surface area (Å²) in [5, 5.41) is 0. The van der Waals surface area contributed by atoms with Gasteiger partial charge in [0.05, 0.1) is 0 Å². The summed E-state index contributed by atoms with van der Waals surface area (Å²) < 4.78 is 2.65. The lowest BCUT2D eigenvalue weighted by Crippen LogP contribution is -2.38. The monoisotopic (exact) mass is 244 g/mol. The summed E-state index contributed by atoms with van der Waals surface area (Å²) >= 11 is 0. The summed E-state index contributed by atoms with van der Waals surface area (Å²) in [5.74, 6) is 0.444. The van der Waals surface area contributed by atoms with E-state index in [-0.39, 0.29) is 0 Å². The molecule has 0 fully saturated rings. The van der Waals surface area contributed by atoms with E-state index in [4.69, 9.17) is 0 Å². The van der Waals surface area contributed by atoms with Gasteiger partial charge in [0.25, 0.3) is 0 Å². The first-order chi connectivity index (χ1) is 8.50. The van der Waals surface area contributed by atoms with Crippen LogP contribution in [0.1, 0.15) is 25.3 Å². The van der Waals surface area contributed by atoms with Crippen LogP contribution in [0.3, 0.4) is 0 Å². The molecule has 0 aliphatic carbocycles. The van der Waals surface area contributed by atoms with Crippen LogP contribution in [0.15, 0.2) is 46.2 Å². The van der Waals surface area contributed by atoms with Gasteiger partial charge in [-0.15, -0.1) is 0 Å². The fraction of sp³-hybridized carbons (Fsp3) is 0.286. The van der Waals surface area contributed by atoms with Gasteiger partial charge in [-0.05, 0) is 23.6 Å². The number of benzene rings is 1. The van der Waals surface area contributed by atoms with Gasteiger partial charge in [0, 0.05) is 25.1 Å². The predicted molar refractivity (Wildman–Crippen MR) is 71.4 cm³/mol. The van der Waals surface area contributed by atoms with E-state index in [0.29, 0.717) is 11.6 Å². The molecule has 2 aromatic rings. The molecular weight excluding hydrogens is 228 g/mol. The molecule has 0 aliphatic heterocycles. The number of nitrogens with zero attached hydrogens (tertiary/aromatic N) is 2. The van der Waals surface area contributed by atoms with E-state index < -0.39 is 11.1 Å². The standard InChI is InChI=1S/C14H16N2O2/c1-10(2)11-4-6-12(7-5-11)16-9-8-15(3)13(17)14(16)18/h4-10H,1-3H3. The molecule has 1 aromatic heterocycles. The quantitative estimate of drug-likeness (QED) is 0.754. The summed E-state index contributed by atoms with van der Waals surface area (Å²) in [6.07, 6.45) is 3.19. The number of hydrogen-bond acceptors (Lipinski definition) is 2. The molecule has 0 atom stereocenters. The van der Waals surface area contributed by atoms with Crippen molar-refractivity contribution in [3.63, 3.8) is 0 Å². The summed E-state index contributed by atoms with van der Waals surface area (Å²) in [7, 11) is 1.57. The summed E-state index contributed by atoms with van der Waals surface area (Å²) in [4.78, 5) is 23.4. The number of hydrogen-bond donors (Lipinski definition) is 0. The third-order valence-electron chi connectivity index (χ3n) is 3.00. The Labute approximate surface area is 105 Å². The van der Waals surface area contributed by atoms with Crippen molar-refractivity contribution in [1.82, 2.24) is 9.13 Å². The molecule has 0 N–H and O–H groups in total. The van der Waals surface area contributed by atoms with E-state index in [9.17, 15) is 9.59 Å². The Balaban J connectivity index is 2.53. The van der Waals surface area contributed by atoms with Crippen LogP contribution in [0.2, 0.25) is 0 Å². The molecule has 0 unspecified atom stereocenters. The van der Waals surface area contributed by atoms with E-state index in [2.05, 4.69) is 13.8 Å². The van der Waals surface area contributed by atoms with Gasteiger partial charge in [0.1, 0.15) is 0 Å². The fourth-order valence-corrected chi connectivity index (χ4v) is 1.78. The summed E-state index contributed by atoms with van der Waals surface area (Å²) in [6, 6.07) is 7.67. The Bertz CT molecular complexity index is 663. The van der Waals surface area contributed by atoms with Crippen LogP contribution in [0.4, 0.5) is 0 Å². The van der Waals surface area contributed by atoms with Crippen LogP contribution < -0.4 is 11.1 Å². The van der Waals surface area contributed by atoms with Crippen molar-refractivity contribution in [1.29, 1.82) is 0 Å². The molecule has 0 radical (unpaired) electrons. The van der Waals surface area contributed by atoms with Gasteiger partial charge >= 0.3 is 11.1 Å². The van der Waals surface area contributed by atoms with Crippen LogP contribution in [0, 0.1) is 0 Å². The van der Waals surface area contributed by atoms with Gasteiger partial charge in [-0.25, -0.2) is 0 Å². The maximum atomic E-state index is 11.8.